The molecule has 5 nitrogen and oxygen atoms in total. The molecule has 0 unspecified atom stereocenters. The van der Waals surface area contributed by atoms with E-state index in [1.165, 1.54) is 12.1 Å². The van der Waals surface area contributed by atoms with Crippen LogP contribution in [0.4, 0.5) is 11.5 Å². The fourth-order valence-electron chi connectivity index (χ4n) is 1.29. The van der Waals surface area contributed by atoms with Crippen LogP contribution in [0.1, 0.15) is 10.4 Å². The number of nitrogens with zero attached hydrogens (tertiary/aromatic N) is 1. The normalized spacial score (nSPS) is 9.88. The van der Waals surface area contributed by atoms with E-state index in [4.69, 9.17) is 17.3 Å². The van der Waals surface area contributed by atoms with Gasteiger partial charge in [-0.2, -0.15) is 5.10 Å². The van der Waals surface area contributed by atoms with Crippen molar-refractivity contribution in [1.82, 2.24) is 10.2 Å². The number of aromatic amines is 1. The zero-order valence-electron chi connectivity index (χ0n) is 8.68. The number of rotatable bonds is 3. The van der Waals surface area contributed by atoms with E-state index in [2.05, 4.69) is 15.5 Å². The highest BCUT2D eigenvalue weighted by atomic mass is 32.1. The molecule has 0 spiro atoms. The highest BCUT2D eigenvalue weighted by Gasteiger charge is 2.03. The topological polar surface area (TPSA) is 78.0 Å². The van der Waals surface area contributed by atoms with Gasteiger partial charge in [0.05, 0.1) is 5.56 Å². The number of carboxylic acids is 1. The summed E-state index contributed by atoms with van der Waals surface area (Å²) < 4.78 is 0.537. The monoisotopic (exact) mass is 247 g/mol. The van der Waals surface area contributed by atoms with Crippen molar-refractivity contribution in [2.75, 3.05) is 5.32 Å². The summed E-state index contributed by atoms with van der Waals surface area (Å²) in [5, 5.41) is 18.4. The fraction of sp³-hybridized carbons (Fsp3) is 0. The third-order valence-electron chi connectivity index (χ3n) is 2.06. The quantitative estimate of drug-likeness (QED) is 0.726. The molecule has 0 aliphatic carbocycles. The third-order valence-corrected chi connectivity index (χ3v) is 2.29. The first-order valence-electron chi connectivity index (χ1n) is 4.81. The van der Waals surface area contributed by atoms with E-state index in [0.29, 0.717) is 16.1 Å². The number of aromatic carboxylic acids is 1. The van der Waals surface area contributed by atoms with Crippen LogP contribution in [0.5, 0.6) is 0 Å². The van der Waals surface area contributed by atoms with E-state index >= 15 is 0 Å². The minimum Gasteiger partial charge on any atom is -0.478 e. The molecule has 17 heavy (non-hydrogen) atoms. The third kappa shape index (κ3) is 2.88. The molecule has 0 aliphatic rings. The summed E-state index contributed by atoms with van der Waals surface area (Å²) in [5.74, 6) is -0.393. The van der Waals surface area contributed by atoms with Crippen LogP contribution in [0.25, 0.3) is 0 Å². The Balaban J connectivity index is 2.24. The number of nitrogens with one attached hydrogen (secondary N) is 2. The minimum absolute atomic E-state index is 0.221. The molecule has 6 heteroatoms. The summed E-state index contributed by atoms with van der Waals surface area (Å²) in [6.07, 6.45) is 0. The molecule has 1 heterocycles. The molecule has 86 valence electrons. The first kappa shape index (κ1) is 11.3. The number of benzene rings is 1. The Morgan fingerprint density at radius 3 is 2.82 bits per heavy atom. The van der Waals surface area contributed by atoms with E-state index in [0.717, 1.165) is 0 Å². The van der Waals surface area contributed by atoms with Crippen LogP contribution in [0.3, 0.4) is 0 Å². The average Bonchev–Trinajstić information content (AvgIpc) is 2.32. The molecule has 0 radical (unpaired) electrons. The van der Waals surface area contributed by atoms with Gasteiger partial charge in [-0.3, -0.25) is 5.10 Å². The lowest BCUT2D eigenvalue weighted by atomic mass is 10.2. The molecule has 3 N–H and O–H groups in total. The lowest BCUT2D eigenvalue weighted by Crippen LogP contribution is -1.99. The largest absolute Gasteiger partial charge is 0.478 e. The van der Waals surface area contributed by atoms with Gasteiger partial charge < -0.3 is 10.4 Å². The van der Waals surface area contributed by atoms with Crippen molar-refractivity contribution in [1.29, 1.82) is 0 Å². The molecule has 0 saturated carbocycles. The van der Waals surface area contributed by atoms with E-state index in [9.17, 15) is 4.79 Å². The van der Waals surface area contributed by atoms with Crippen molar-refractivity contribution in [3.63, 3.8) is 0 Å². The number of aromatic nitrogens is 2. The van der Waals surface area contributed by atoms with Crippen LogP contribution in [0.2, 0.25) is 0 Å². The first-order valence-corrected chi connectivity index (χ1v) is 5.22. The second-order valence-electron chi connectivity index (χ2n) is 3.32. The predicted molar refractivity (Wildman–Crippen MR) is 66.1 cm³/mol. The second-order valence-corrected chi connectivity index (χ2v) is 3.76. The summed E-state index contributed by atoms with van der Waals surface area (Å²) in [6, 6.07) is 9.90. The SMILES string of the molecule is O=C(O)c1cccc(Nc2ccc(=S)[nH]n2)c1. The van der Waals surface area contributed by atoms with E-state index in [1.807, 2.05) is 0 Å². The molecule has 0 fully saturated rings. The van der Waals surface area contributed by atoms with Crippen molar-refractivity contribution in [2.24, 2.45) is 0 Å². The molecule has 0 amide bonds. The first-order chi connectivity index (χ1) is 8.15. The van der Waals surface area contributed by atoms with Gasteiger partial charge in [0.15, 0.2) is 5.82 Å². The van der Waals surface area contributed by atoms with Crippen LogP contribution in [0.15, 0.2) is 36.4 Å². The Bertz CT molecular complexity index is 589. The van der Waals surface area contributed by atoms with Crippen molar-refractivity contribution < 1.29 is 9.90 Å². The number of hydrogen-bond donors (Lipinski definition) is 3. The number of H-pyrrole nitrogens is 1. The van der Waals surface area contributed by atoms with Crippen molar-refractivity contribution >= 4 is 29.7 Å². The molecule has 1 aromatic heterocycles. The summed E-state index contributed by atoms with van der Waals surface area (Å²) in [7, 11) is 0. The Hall–Kier alpha value is -2.21. The van der Waals surface area contributed by atoms with Crippen LogP contribution in [-0.4, -0.2) is 21.3 Å². The Labute approximate surface area is 102 Å². The predicted octanol–water partition coefficient (Wildman–Crippen LogP) is 2.58. The number of hydrogen-bond acceptors (Lipinski definition) is 4. The van der Waals surface area contributed by atoms with Gasteiger partial charge in [-0.25, -0.2) is 4.79 Å². The fourth-order valence-corrected chi connectivity index (χ4v) is 1.41. The summed E-state index contributed by atoms with van der Waals surface area (Å²) in [5.41, 5.74) is 0.877. The molecule has 2 aromatic rings. The molecule has 0 bridgehead atoms. The van der Waals surface area contributed by atoms with Gasteiger partial charge in [-0.05, 0) is 30.3 Å². The van der Waals surface area contributed by atoms with Crippen LogP contribution in [-0.2, 0) is 0 Å². The van der Waals surface area contributed by atoms with Crippen molar-refractivity contribution in [3.05, 3.63) is 46.6 Å². The minimum atomic E-state index is -0.964. The maximum absolute atomic E-state index is 10.8. The maximum Gasteiger partial charge on any atom is 0.335 e. The zero-order valence-corrected chi connectivity index (χ0v) is 9.49. The zero-order chi connectivity index (χ0) is 12.3. The van der Waals surface area contributed by atoms with Crippen LogP contribution < -0.4 is 5.32 Å². The van der Waals surface area contributed by atoms with Crippen molar-refractivity contribution in [3.8, 4) is 0 Å². The van der Waals surface area contributed by atoms with Gasteiger partial charge in [-0.1, -0.05) is 18.3 Å². The lowest BCUT2D eigenvalue weighted by Gasteiger charge is -2.05. The molecule has 2 rings (SSSR count). The number of carboxylic acid groups (broad SMARTS) is 1. The van der Waals surface area contributed by atoms with Crippen molar-refractivity contribution in [2.45, 2.75) is 0 Å². The average molecular weight is 247 g/mol. The van der Waals surface area contributed by atoms with Gasteiger partial charge in [0.2, 0.25) is 0 Å². The van der Waals surface area contributed by atoms with E-state index < -0.39 is 5.97 Å². The van der Waals surface area contributed by atoms with E-state index in [-0.39, 0.29) is 5.56 Å². The molecule has 0 saturated heterocycles. The van der Waals surface area contributed by atoms with Crippen LogP contribution in [0, 0.1) is 4.64 Å². The van der Waals surface area contributed by atoms with Gasteiger partial charge in [0.25, 0.3) is 0 Å². The summed E-state index contributed by atoms with van der Waals surface area (Å²) in [4.78, 5) is 10.8. The highest BCUT2D eigenvalue weighted by molar-refractivity contribution is 7.71. The van der Waals surface area contributed by atoms with Gasteiger partial charge >= 0.3 is 5.97 Å². The molecular formula is C11H9N3O2S. The number of anilines is 2. The van der Waals surface area contributed by atoms with Gasteiger partial charge in [0.1, 0.15) is 4.64 Å². The maximum atomic E-state index is 10.8. The van der Waals surface area contributed by atoms with Crippen LogP contribution >= 0.6 is 12.2 Å². The smallest absolute Gasteiger partial charge is 0.335 e. The van der Waals surface area contributed by atoms with Gasteiger partial charge in [0, 0.05) is 5.69 Å². The Morgan fingerprint density at radius 1 is 1.35 bits per heavy atom. The Kier molecular flexibility index (Phi) is 3.15. The van der Waals surface area contributed by atoms with Gasteiger partial charge in [-0.15, -0.1) is 0 Å². The summed E-state index contributed by atoms with van der Waals surface area (Å²) in [6.45, 7) is 0. The highest BCUT2D eigenvalue weighted by Crippen LogP contribution is 2.15. The molecule has 0 aliphatic heterocycles. The lowest BCUT2D eigenvalue weighted by molar-refractivity contribution is 0.0697. The molecular weight excluding hydrogens is 238 g/mol. The van der Waals surface area contributed by atoms with E-state index in [1.54, 1.807) is 24.3 Å². The second kappa shape index (κ2) is 4.75. The summed E-state index contributed by atoms with van der Waals surface area (Å²) >= 11 is 4.87. The molecule has 1 aromatic carbocycles. The molecule has 0 atom stereocenters. The number of carbonyl (C=O) groups is 1. The Morgan fingerprint density at radius 2 is 2.18 bits per heavy atom. The standard InChI is InChI=1S/C11H9N3O2S/c15-11(16)7-2-1-3-8(6-7)12-9-4-5-10(17)14-13-9/h1-6H,(H,12,13)(H,14,17)(H,15,16).